The van der Waals surface area contributed by atoms with Crippen LogP contribution in [0.15, 0.2) is 18.2 Å². The van der Waals surface area contributed by atoms with Crippen LogP contribution >= 0.6 is 0 Å². The van der Waals surface area contributed by atoms with Crippen molar-refractivity contribution in [2.45, 2.75) is 37.8 Å². The van der Waals surface area contributed by atoms with Crippen LogP contribution in [0.1, 0.15) is 36.8 Å². The molecule has 2 fully saturated rings. The van der Waals surface area contributed by atoms with Crippen LogP contribution in [-0.4, -0.2) is 42.5 Å². The maximum absolute atomic E-state index is 11.6. The van der Waals surface area contributed by atoms with E-state index in [4.69, 9.17) is 5.73 Å². The van der Waals surface area contributed by atoms with Gasteiger partial charge in [-0.1, -0.05) is 6.07 Å². The van der Waals surface area contributed by atoms with Crippen LogP contribution in [0.25, 0.3) is 0 Å². The number of nitriles is 2. The highest BCUT2D eigenvalue weighted by Crippen LogP contribution is 2.31. The van der Waals surface area contributed by atoms with E-state index < -0.39 is 0 Å². The summed E-state index contributed by atoms with van der Waals surface area (Å²) in [7, 11) is 0. The molecule has 0 bridgehead atoms. The molecule has 0 saturated carbocycles. The topological polar surface area (TPSA) is 97.2 Å². The molecule has 6 heteroatoms. The number of benzene rings is 1. The molecule has 1 aromatic rings. The van der Waals surface area contributed by atoms with Gasteiger partial charge in [-0.25, -0.2) is 0 Å². The van der Waals surface area contributed by atoms with Crippen molar-refractivity contribution in [2.24, 2.45) is 5.73 Å². The minimum Gasteiger partial charge on any atom is -0.369 e. The van der Waals surface area contributed by atoms with Gasteiger partial charge in [0.05, 0.1) is 22.9 Å². The Morgan fingerprint density at radius 3 is 2.25 bits per heavy atom. The molecule has 2 saturated heterocycles. The largest absolute Gasteiger partial charge is 0.369 e. The fourth-order valence-electron chi connectivity index (χ4n) is 4.02. The zero-order valence-corrected chi connectivity index (χ0v) is 13.6. The van der Waals surface area contributed by atoms with E-state index >= 15 is 0 Å². The summed E-state index contributed by atoms with van der Waals surface area (Å²) in [5, 5.41) is 18.7. The highest BCUT2D eigenvalue weighted by molar-refractivity contribution is 5.80. The van der Waals surface area contributed by atoms with Crippen LogP contribution in [0.5, 0.6) is 0 Å². The SMILES string of the molecule is N#Cc1cccc(C#N)c1N1CCC(N2CCCC2C(N)=O)CC1. The molecular formula is C18H21N5O. The number of amides is 1. The molecule has 124 valence electrons. The Labute approximate surface area is 142 Å². The predicted octanol–water partition coefficient (Wildman–Crippen LogP) is 1.35. The summed E-state index contributed by atoms with van der Waals surface area (Å²) in [4.78, 5) is 16.0. The van der Waals surface area contributed by atoms with Crippen molar-refractivity contribution in [3.63, 3.8) is 0 Å². The molecule has 24 heavy (non-hydrogen) atoms. The van der Waals surface area contributed by atoms with Crippen LogP contribution in [0.3, 0.4) is 0 Å². The number of carbonyl (C=O) groups excluding carboxylic acids is 1. The normalized spacial score (nSPS) is 22.1. The molecule has 2 N–H and O–H groups in total. The van der Waals surface area contributed by atoms with Gasteiger partial charge in [0.1, 0.15) is 12.1 Å². The maximum atomic E-state index is 11.6. The van der Waals surface area contributed by atoms with Gasteiger partial charge in [-0.05, 0) is 44.4 Å². The van der Waals surface area contributed by atoms with Crippen molar-refractivity contribution < 1.29 is 4.79 Å². The lowest BCUT2D eigenvalue weighted by atomic mass is 9.99. The van der Waals surface area contributed by atoms with Gasteiger partial charge < -0.3 is 10.6 Å². The Kier molecular flexibility index (Phi) is 4.69. The number of carbonyl (C=O) groups is 1. The van der Waals surface area contributed by atoms with Crippen LogP contribution in [0, 0.1) is 22.7 Å². The van der Waals surface area contributed by atoms with Gasteiger partial charge in [-0.3, -0.25) is 9.69 Å². The first kappa shape index (κ1) is 16.3. The van der Waals surface area contributed by atoms with Crippen molar-refractivity contribution in [1.29, 1.82) is 10.5 Å². The van der Waals surface area contributed by atoms with E-state index in [0.717, 1.165) is 51.0 Å². The van der Waals surface area contributed by atoms with Gasteiger partial charge in [-0.2, -0.15) is 10.5 Å². The number of likely N-dealkylation sites (tertiary alicyclic amines) is 1. The second-order valence-electron chi connectivity index (χ2n) is 6.44. The van der Waals surface area contributed by atoms with Crippen LogP contribution in [-0.2, 0) is 4.79 Å². The monoisotopic (exact) mass is 323 g/mol. The molecule has 2 heterocycles. The summed E-state index contributed by atoms with van der Waals surface area (Å²) in [5.74, 6) is -0.225. The summed E-state index contributed by atoms with van der Waals surface area (Å²) in [6, 6.07) is 9.85. The predicted molar refractivity (Wildman–Crippen MR) is 90.0 cm³/mol. The quantitative estimate of drug-likeness (QED) is 0.905. The highest BCUT2D eigenvalue weighted by Gasteiger charge is 2.36. The molecule has 3 rings (SSSR count). The van der Waals surface area contributed by atoms with Crippen molar-refractivity contribution in [3.05, 3.63) is 29.3 Å². The third kappa shape index (κ3) is 2.93. The Balaban J connectivity index is 1.74. The zero-order chi connectivity index (χ0) is 17.1. The third-order valence-corrected chi connectivity index (χ3v) is 5.15. The Morgan fingerprint density at radius 2 is 1.71 bits per heavy atom. The average molecular weight is 323 g/mol. The van der Waals surface area contributed by atoms with Crippen molar-refractivity contribution in [2.75, 3.05) is 24.5 Å². The van der Waals surface area contributed by atoms with E-state index in [1.807, 2.05) is 0 Å². The summed E-state index contributed by atoms with van der Waals surface area (Å²) in [5.41, 5.74) is 7.36. The molecule has 2 aliphatic heterocycles. The number of anilines is 1. The standard InChI is InChI=1S/C18H21N5O/c19-11-13-3-1-4-14(12-20)17(13)22-9-6-15(7-10-22)23-8-2-5-16(23)18(21)24/h1,3-4,15-16H,2,5-10H2,(H2,21,24). The zero-order valence-electron chi connectivity index (χ0n) is 13.6. The average Bonchev–Trinajstić information content (AvgIpc) is 3.11. The fraction of sp³-hybridized carbons (Fsp3) is 0.500. The number of hydrogen-bond donors (Lipinski definition) is 1. The van der Waals surface area contributed by atoms with E-state index in [0.29, 0.717) is 17.2 Å². The number of piperidine rings is 1. The molecule has 0 radical (unpaired) electrons. The van der Waals surface area contributed by atoms with Crippen molar-refractivity contribution >= 4 is 11.6 Å². The molecule has 6 nitrogen and oxygen atoms in total. The van der Waals surface area contributed by atoms with E-state index in [-0.39, 0.29) is 11.9 Å². The number of primary amides is 1. The molecule has 1 amide bonds. The smallest absolute Gasteiger partial charge is 0.234 e. The van der Waals surface area contributed by atoms with Gasteiger partial charge in [0.25, 0.3) is 0 Å². The summed E-state index contributed by atoms with van der Waals surface area (Å²) < 4.78 is 0. The van der Waals surface area contributed by atoms with E-state index in [2.05, 4.69) is 21.9 Å². The van der Waals surface area contributed by atoms with Crippen molar-refractivity contribution in [3.8, 4) is 12.1 Å². The molecule has 1 aromatic carbocycles. The lowest BCUT2D eigenvalue weighted by Gasteiger charge is -2.40. The fourth-order valence-corrected chi connectivity index (χ4v) is 4.02. The summed E-state index contributed by atoms with van der Waals surface area (Å²) >= 11 is 0. The van der Waals surface area contributed by atoms with Gasteiger partial charge >= 0.3 is 0 Å². The minimum absolute atomic E-state index is 0.136. The second-order valence-corrected chi connectivity index (χ2v) is 6.44. The second kappa shape index (κ2) is 6.90. The Hall–Kier alpha value is -2.57. The molecule has 1 unspecified atom stereocenters. The van der Waals surface area contributed by atoms with Gasteiger partial charge in [0, 0.05) is 19.1 Å². The third-order valence-electron chi connectivity index (χ3n) is 5.15. The Morgan fingerprint density at radius 1 is 1.08 bits per heavy atom. The number of nitrogens with two attached hydrogens (primary N) is 1. The van der Waals surface area contributed by atoms with Gasteiger partial charge in [0.2, 0.25) is 5.91 Å². The van der Waals surface area contributed by atoms with E-state index in [1.165, 1.54) is 0 Å². The minimum atomic E-state index is -0.225. The number of hydrogen-bond acceptors (Lipinski definition) is 5. The summed E-state index contributed by atoms with van der Waals surface area (Å²) in [6.45, 7) is 2.48. The Bertz CT molecular complexity index is 677. The van der Waals surface area contributed by atoms with Gasteiger partial charge in [0.15, 0.2) is 0 Å². The first-order chi connectivity index (χ1) is 11.7. The lowest BCUT2D eigenvalue weighted by Crippen LogP contribution is -2.50. The first-order valence-corrected chi connectivity index (χ1v) is 8.39. The van der Waals surface area contributed by atoms with Crippen LogP contribution < -0.4 is 10.6 Å². The molecule has 2 aliphatic rings. The highest BCUT2D eigenvalue weighted by atomic mass is 16.1. The molecule has 0 spiro atoms. The van der Waals surface area contributed by atoms with Gasteiger partial charge in [-0.15, -0.1) is 0 Å². The molecular weight excluding hydrogens is 302 g/mol. The molecule has 0 aromatic heterocycles. The lowest BCUT2D eigenvalue weighted by molar-refractivity contribution is -0.123. The van der Waals surface area contributed by atoms with Crippen LogP contribution in [0.4, 0.5) is 5.69 Å². The van der Waals surface area contributed by atoms with E-state index in [1.54, 1.807) is 18.2 Å². The van der Waals surface area contributed by atoms with E-state index in [9.17, 15) is 15.3 Å². The maximum Gasteiger partial charge on any atom is 0.234 e. The summed E-state index contributed by atoms with van der Waals surface area (Å²) in [6.07, 6.45) is 3.69. The molecule has 1 atom stereocenters. The van der Waals surface area contributed by atoms with Crippen LogP contribution in [0.2, 0.25) is 0 Å². The van der Waals surface area contributed by atoms with Crippen molar-refractivity contribution in [1.82, 2.24) is 4.90 Å². The first-order valence-electron chi connectivity index (χ1n) is 8.39. The number of nitrogens with zero attached hydrogens (tertiary/aromatic N) is 4. The number of rotatable bonds is 3. The molecule has 0 aliphatic carbocycles. The number of para-hydroxylation sites is 1.